The molecule has 318 valence electrons. The molecule has 0 unspecified atom stereocenters. The van der Waals surface area contributed by atoms with Crippen molar-refractivity contribution in [3.63, 3.8) is 0 Å². The summed E-state index contributed by atoms with van der Waals surface area (Å²) in [7, 11) is 0. The summed E-state index contributed by atoms with van der Waals surface area (Å²) in [5, 5.41) is 10.1. The van der Waals surface area contributed by atoms with E-state index in [1.807, 2.05) is 0 Å². The van der Waals surface area contributed by atoms with E-state index in [1.165, 1.54) is 93.1 Å². The van der Waals surface area contributed by atoms with Crippen molar-refractivity contribution in [3.05, 3.63) is 267 Å². The summed E-state index contributed by atoms with van der Waals surface area (Å²) in [6.07, 6.45) is 0. The average molecular weight is 865 g/mol. The Morgan fingerprint density at radius 1 is 0.235 bits per heavy atom. The van der Waals surface area contributed by atoms with Crippen LogP contribution in [0.3, 0.4) is 0 Å². The van der Waals surface area contributed by atoms with Crippen molar-refractivity contribution in [1.82, 2.24) is 4.57 Å². The SMILES string of the molecule is c1ccc(-c2ccccc2-n2c3ccccc3c3ccccc32)c(-c2ccc(N(c3ccc(-c4ccc5ccccc5c4)cc3)c3ccc(-c4cc5ccccc5c5ccccc45)cc3)cc2)c1. The average Bonchev–Trinajstić information content (AvgIpc) is 3.75. The van der Waals surface area contributed by atoms with Crippen LogP contribution in [-0.2, 0) is 0 Å². The minimum Gasteiger partial charge on any atom is -0.311 e. The molecule has 2 nitrogen and oxygen atoms in total. The van der Waals surface area contributed by atoms with E-state index in [9.17, 15) is 0 Å². The van der Waals surface area contributed by atoms with E-state index in [2.05, 4.69) is 276 Å². The number of hydrogen-bond donors (Lipinski definition) is 0. The molecule has 13 aromatic rings. The Bertz CT molecular complexity index is 3960. The second kappa shape index (κ2) is 16.5. The van der Waals surface area contributed by atoms with Gasteiger partial charge in [-0.05, 0) is 138 Å². The normalized spacial score (nSPS) is 11.5. The lowest BCUT2D eigenvalue weighted by Crippen LogP contribution is -2.09. The van der Waals surface area contributed by atoms with Gasteiger partial charge in [0.1, 0.15) is 0 Å². The second-order valence-corrected chi connectivity index (χ2v) is 17.7. The van der Waals surface area contributed by atoms with Crippen LogP contribution in [-0.4, -0.2) is 4.57 Å². The molecule has 0 atom stereocenters. The zero-order valence-electron chi connectivity index (χ0n) is 37.3. The molecule has 0 aliphatic rings. The summed E-state index contributed by atoms with van der Waals surface area (Å²) in [4.78, 5) is 2.37. The van der Waals surface area contributed by atoms with Crippen LogP contribution in [0.4, 0.5) is 17.1 Å². The molecule has 0 fully saturated rings. The van der Waals surface area contributed by atoms with Crippen molar-refractivity contribution in [2.45, 2.75) is 0 Å². The van der Waals surface area contributed by atoms with Crippen molar-refractivity contribution in [2.24, 2.45) is 0 Å². The molecule has 0 bridgehead atoms. The van der Waals surface area contributed by atoms with Gasteiger partial charge < -0.3 is 9.47 Å². The van der Waals surface area contributed by atoms with Crippen molar-refractivity contribution in [1.29, 1.82) is 0 Å². The lowest BCUT2D eigenvalue weighted by molar-refractivity contribution is 1.18. The number of hydrogen-bond acceptors (Lipinski definition) is 1. The van der Waals surface area contributed by atoms with E-state index in [0.29, 0.717) is 0 Å². The van der Waals surface area contributed by atoms with Gasteiger partial charge in [0.25, 0.3) is 0 Å². The van der Waals surface area contributed by atoms with Gasteiger partial charge in [0.15, 0.2) is 0 Å². The first-order chi connectivity index (χ1) is 33.7. The smallest absolute Gasteiger partial charge is 0.0541 e. The number of aromatic nitrogens is 1. The fraction of sp³-hybridized carbons (Fsp3) is 0. The second-order valence-electron chi connectivity index (χ2n) is 17.7. The van der Waals surface area contributed by atoms with Gasteiger partial charge >= 0.3 is 0 Å². The molecule has 0 spiro atoms. The number of benzene rings is 12. The molecule has 13 rings (SSSR count). The third kappa shape index (κ3) is 6.73. The van der Waals surface area contributed by atoms with Crippen molar-refractivity contribution in [2.75, 3.05) is 4.90 Å². The molecule has 68 heavy (non-hydrogen) atoms. The molecule has 1 aromatic heterocycles. The van der Waals surface area contributed by atoms with Gasteiger partial charge in [0, 0.05) is 33.4 Å². The molecule has 0 saturated carbocycles. The Labute approximate surface area is 395 Å². The fourth-order valence-corrected chi connectivity index (χ4v) is 10.5. The minimum absolute atomic E-state index is 1.08. The first kappa shape index (κ1) is 39.4. The predicted octanol–water partition coefficient (Wildman–Crippen LogP) is 18.4. The van der Waals surface area contributed by atoms with Crippen LogP contribution in [0.2, 0.25) is 0 Å². The fourth-order valence-electron chi connectivity index (χ4n) is 10.5. The maximum atomic E-state index is 2.43. The molecule has 2 heteroatoms. The molecule has 0 aliphatic heterocycles. The highest BCUT2D eigenvalue weighted by Crippen LogP contribution is 2.43. The summed E-state index contributed by atoms with van der Waals surface area (Å²) in [5.74, 6) is 0. The highest BCUT2D eigenvalue weighted by molar-refractivity contribution is 6.14. The molecule has 0 N–H and O–H groups in total. The van der Waals surface area contributed by atoms with Crippen LogP contribution in [0.1, 0.15) is 0 Å². The van der Waals surface area contributed by atoms with E-state index in [-0.39, 0.29) is 0 Å². The van der Waals surface area contributed by atoms with E-state index in [0.717, 1.165) is 28.3 Å². The molecule has 1 heterocycles. The van der Waals surface area contributed by atoms with E-state index < -0.39 is 0 Å². The van der Waals surface area contributed by atoms with Gasteiger partial charge in [0.2, 0.25) is 0 Å². The van der Waals surface area contributed by atoms with Gasteiger partial charge in [-0.15, -0.1) is 0 Å². The quantitative estimate of drug-likeness (QED) is 0.138. The van der Waals surface area contributed by atoms with Crippen molar-refractivity contribution < 1.29 is 0 Å². The van der Waals surface area contributed by atoms with Crippen LogP contribution in [0.5, 0.6) is 0 Å². The molecular weight excluding hydrogens is 821 g/mol. The number of para-hydroxylation sites is 3. The maximum Gasteiger partial charge on any atom is 0.0541 e. The molecule has 0 saturated heterocycles. The number of nitrogens with zero attached hydrogens (tertiary/aromatic N) is 2. The third-order valence-corrected chi connectivity index (χ3v) is 13.8. The number of fused-ring (bicyclic) bond motifs is 7. The summed E-state index contributed by atoms with van der Waals surface area (Å²) in [6, 6.07) is 97.4. The van der Waals surface area contributed by atoms with Crippen molar-refractivity contribution >= 4 is 71.2 Å². The zero-order chi connectivity index (χ0) is 45.0. The molecule has 0 radical (unpaired) electrons. The van der Waals surface area contributed by atoms with E-state index >= 15 is 0 Å². The minimum atomic E-state index is 1.08. The number of anilines is 3. The van der Waals surface area contributed by atoms with Gasteiger partial charge in [-0.25, -0.2) is 0 Å². The first-order valence-electron chi connectivity index (χ1n) is 23.4. The Morgan fingerprint density at radius 2 is 0.676 bits per heavy atom. The summed E-state index contributed by atoms with van der Waals surface area (Å²) in [5.41, 5.74) is 16.4. The van der Waals surface area contributed by atoms with Gasteiger partial charge in [0.05, 0.1) is 16.7 Å². The highest BCUT2D eigenvalue weighted by atomic mass is 15.1. The lowest BCUT2D eigenvalue weighted by Gasteiger charge is -2.26. The summed E-state index contributed by atoms with van der Waals surface area (Å²) < 4.78 is 2.43. The molecule has 12 aromatic carbocycles. The van der Waals surface area contributed by atoms with Crippen LogP contribution in [0.25, 0.3) is 104 Å². The summed E-state index contributed by atoms with van der Waals surface area (Å²) >= 11 is 0. The largest absolute Gasteiger partial charge is 0.311 e. The topological polar surface area (TPSA) is 8.17 Å². The Hall–Kier alpha value is -8.98. The monoisotopic (exact) mass is 864 g/mol. The van der Waals surface area contributed by atoms with Crippen LogP contribution < -0.4 is 4.90 Å². The van der Waals surface area contributed by atoms with Crippen LogP contribution in [0, 0.1) is 0 Å². The third-order valence-electron chi connectivity index (χ3n) is 13.8. The van der Waals surface area contributed by atoms with Gasteiger partial charge in [-0.3, -0.25) is 0 Å². The highest BCUT2D eigenvalue weighted by Gasteiger charge is 2.19. The Balaban J connectivity index is 0.906. The number of rotatable bonds is 8. The van der Waals surface area contributed by atoms with Gasteiger partial charge in [-0.2, -0.15) is 0 Å². The van der Waals surface area contributed by atoms with Gasteiger partial charge in [-0.1, -0.05) is 200 Å². The molecule has 0 aliphatic carbocycles. The van der Waals surface area contributed by atoms with Crippen LogP contribution >= 0.6 is 0 Å². The standard InChI is InChI=1S/C66H44N2/c1-2-16-49-43-50(30-29-45(49)15-1)46-31-37-52(38-32-46)67(54-41-35-48(36-42-54)63-44-51-17-3-4-19-56(51)57-20-7-8-22-59(57)63)53-39-33-47(34-40-53)55-18-5-6-21-58(55)60-23-9-12-26-64(60)68-65-27-13-10-24-61(65)62-25-11-14-28-66(62)68/h1-44H. The van der Waals surface area contributed by atoms with E-state index in [4.69, 9.17) is 0 Å². The lowest BCUT2D eigenvalue weighted by atomic mass is 9.93. The first-order valence-corrected chi connectivity index (χ1v) is 23.4. The van der Waals surface area contributed by atoms with E-state index in [1.54, 1.807) is 0 Å². The Morgan fingerprint density at radius 3 is 1.32 bits per heavy atom. The predicted molar refractivity (Wildman–Crippen MR) is 290 cm³/mol. The zero-order valence-corrected chi connectivity index (χ0v) is 37.3. The van der Waals surface area contributed by atoms with Crippen LogP contribution in [0.15, 0.2) is 267 Å². The van der Waals surface area contributed by atoms with Crippen molar-refractivity contribution in [3.8, 4) is 50.2 Å². The molecule has 0 amide bonds. The summed E-state index contributed by atoms with van der Waals surface area (Å²) in [6.45, 7) is 0. The molecular formula is C66H44N2. The Kier molecular flexibility index (Phi) is 9.54. The maximum absolute atomic E-state index is 2.43.